The number of nitrogen functional groups attached to an aromatic ring is 4. The van der Waals surface area contributed by atoms with E-state index in [1.807, 2.05) is 54.6 Å². The van der Waals surface area contributed by atoms with Gasteiger partial charge >= 0.3 is 0 Å². The zero-order valence-electron chi connectivity index (χ0n) is 23.6. The molecule has 6 aromatic carbocycles. The van der Waals surface area contributed by atoms with Gasteiger partial charge in [0.2, 0.25) is 0 Å². The van der Waals surface area contributed by atoms with Crippen molar-refractivity contribution in [3.05, 3.63) is 133 Å². The van der Waals surface area contributed by atoms with E-state index in [-0.39, 0.29) is 0 Å². The van der Waals surface area contributed by atoms with E-state index < -0.39 is 0 Å². The highest BCUT2D eigenvalue weighted by Crippen LogP contribution is 2.45. The molecule has 0 unspecified atom stereocenters. The number of benzene rings is 6. The Balaban J connectivity index is 1.49. The van der Waals surface area contributed by atoms with Gasteiger partial charge in [-0.15, -0.1) is 0 Å². The second-order valence-corrected chi connectivity index (χ2v) is 10.0. The van der Waals surface area contributed by atoms with Gasteiger partial charge in [-0.3, -0.25) is 0 Å². The Labute approximate surface area is 255 Å². The monoisotopic (exact) mass is 582 g/mol. The van der Waals surface area contributed by atoms with Crippen LogP contribution in [0.4, 0.5) is 22.7 Å². The summed E-state index contributed by atoms with van der Waals surface area (Å²) in [4.78, 5) is 0. The number of ether oxygens (including phenoxy) is 4. The Bertz CT molecular complexity index is 1780. The molecule has 6 rings (SSSR count). The van der Waals surface area contributed by atoms with Crippen molar-refractivity contribution >= 4 is 22.7 Å². The van der Waals surface area contributed by atoms with Crippen LogP contribution in [-0.2, 0) is 0 Å². The third kappa shape index (κ3) is 6.78. The second kappa shape index (κ2) is 12.3. The molecule has 0 aromatic heterocycles. The largest absolute Gasteiger partial charge is 0.457 e. The van der Waals surface area contributed by atoms with Crippen molar-refractivity contribution in [1.82, 2.24) is 0 Å². The van der Waals surface area contributed by atoms with Crippen LogP contribution in [0, 0.1) is 0 Å². The first-order valence-electron chi connectivity index (χ1n) is 13.8. The Morgan fingerprint density at radius 2 is 0.750 bits per heavy atom. The van der Waals surface area contributed by atoms with Crippen LogP contribution in [0.3, 0.4) is 0 Å². The number of hydrogen-bond acceptors (Lipinski definition) is 8. The van der Waals surface area contributed by atoms with Crippen LogP contribution in [0.1, 0.15) is 0 Å². The van der Waals surface area contributed by atoms with Gasteiger partial charge in [0.1, 0.15) is 46.0 Å². The summed E-state index contributed by atoms with van der Waals surface area (Å²) >= 11 is 0. The fourth-order valence-electron chi connectivity index (χ4n) is 4.55. The minimum absolute atomic E-state index is 0.520. The van der Waals surface area contributed by atoms with E-state index in [0.717, 1.165) is 0 Å². The molecule has 44 heavy (non-hydrogen) atoms. The standard InChI is InChI=1S/C36H30N4O4/c37-24-10-14-28(15-11-24)41-32-18-23(19-33(22-32)42-29-16-12-25(38)13-17-29)36-34(43-30-6-1-4-26(39)20-30)8-3-9-35(36)44-31-7-2-5-27(40)21-31/h1-22H,37-40H2. The zero-order chi connectivity index (χ0) is 30.5. The fraction of sp³-hybridized carbons (Fsp3) is 0. The molecular formula is C36H30N4O4. The maximum absolute atomic E-state index is 6.40. The summed E-state index contributed by atoms with van der Waals surface area (Å²) in [5, 5.41) is 0. The molecule has 8 heteroatoms. The summed E-state index contributed by atoms with van der Waals surface area (Å²) in [5.41, 5.74) is 27.7. The van der Waals surface area contributed by atoms with Crippen LogP contribution in [0.25, 0.3) is 11.1 Å². The molecular weight excluding hydrogens is 552 g/mol. The maximum atomic E-state index is 6.40. The van der Waals surface area contributed by atoms with Crippen molar-refractivity contribution in [3.63, 3.8) is 0 Å². The molecule has 0 aliphatic carbocycles. The Morgan fingerprint density at radius 3 is 1.18 bits per heavy atom. The van der Waals surface area contributed by atoms with E-state index in [0.29, 0.717) is 79.9 Å². The highest BCUT2D eigenvalue weighted by atomic mass is 16.5. The van der Waals surface area contributed by atoms with Crippen molar-refractivity contribution < 1.29 is 18.9 Å². The maximum Gasteiger partial charge on any atom is 0.139 e. The SMILES string of the molecule is Nc1ccc(Oc2cc(Oc3ccc(N)cc3)cc(-c3c(Oc4cccc(N)c4)cccc3Oc3cccc(N)c3)c2)cc1. The predicted octanol–water partition coefficient (Wildman–Crippen LogP) is 8.85. The normalized spacial score (nSPS) is 10.6. The van der Waals surface area contributed by atoms with Crippen LogP contribution in [0.2, 0.25) is 0 Å². The summed E-state index contributed by atoms with van der Waals surface area (Å²) < 4.78 is 25.3. The van der Waals surface area contributed by atoms with Crippen LogP contribution in [0.5, 0.6) is 46.0 Å². The van der Waals surface area contributed by atoms with Gasteiger partial charge in [0.15, 0.2) is 0 Å². The lowest BCUT2D eigenvalue weighted by atomic mass is 10.0. The minimum atomic E-state index is 0.520. The van der Waals surface area contributed by atoms with Gasteiger partial charge in [-0.1, -0.05) is 18.2 Å². The van der Waals surface area contributed by atoms with Crippen molar-refractivity contribution in [2.75, 3.05) is 22.9 Å². The molecule has 8 N–H and O–H groups in total. The van der Waals surface area contributed by atoms with E-state index in [1.165, 1.54) is 0 Å². The van der Waals surface area contributed by atoms with Crippen LogP contribution in [0.15, 0.2) is 133 Å². The van der Waals surface area contributed by atoms with Gasteiger partial charge in [-0.2, -0.15) is 0 Å². The summed E-state index contributed by atoms with van der Waals surface area (Å²) in [6.45, 7) is 0. The first-order valence-corrected chi connectivity index (χ1v) is 13.8. The highest BCUT2D eigenvalue weighted by Gasteiger charge is 2.18. The number of hydrogen-bond donors (Lipinski definition) is 4. The van der Waals surface area contributed by atoms with Crippen LogP contribution < -0.4 is 41.9 Å². The van der Waals surface area contributed by atoms with Gasteiger partial charge in [0, 0.05) is 40.9 Å². The van der Waals surface area contributed by atoms with Crippen molar-refractivity contribution in [2.24, 2.45) is 0 Å². The molecule has 0 aliphatic heterocycles. The number of rotatable bonds is 9. The third-order valence-electron chi connectivity index (χ3n) is 6.56. The molecule has 0 heterocycles. The number of nitrogens with two attached hydrogens (primary N) is 4. The van der Waals surface area contributed by atoms with Gasteiger partial charge in [0.25, 0.3) is 0 Å². The fourth-order valence-corrected chi connectivity index (χ4v) is 4.55. The number of anilines is 4. The quantitative estimate of drug-likeness (QED) is 0.124. The lowest BCUT2D eigenvalue weighted by molar-refractivity contribution is 0.458. The van der Waals surface area contributed by atoms with Crippen molar-refractivity contribution in [1.29, 1.82) is 0 Å². The molecule has 0 saturated heterocycles. The third-order valence-corrected chi connectivity index (χ3v) is 6.56. The van der Waals surface area contributed by atoms with Gasteiger partial charge in [-0.25, -0.2) is 0 Å². The first-order chi connectivity index (χ1) is 21.4. The summed E-state index contributed by atoms with van der Waals surface area (Å²) in [6.07, 6.45) is 0. The molecule has 6 aromatic rings. The molecule has 0 bridgehead atoms. The van der Waals surface area contributed by atoms with Crippen molar-refractivity contribution in [3.8, 4) is 57.1 Å². The van der Waals surface area contributed by atoms with Gasteiger partial charge in [0.05, 0.1) is 5.56 Å². The molecule has 0 atom stereocenters. The minimum Gasteiger partial charge on any atom is -0.457 e. The summed E-state index contributed by atoms with van der Waals surface area (Å²) in [7, 11) is 0. The Morgan fingerprint density at radius 1 is 0.318 bits per heavy atom. The van der Waals surface area contributed by atoms with E-state index in [4.69, 9.17) is 41.9 Å². The molecule has 0 radical (unpaired) electrons. The average molecular weight is 583 g/mol. The molecule has 218 valence electrons. The smallest absolute Gasteiger partial charge is 0.139 e. The van der Waals surface area contributed by atoms with Crippen molar-refractivity contribution in [2.45, 2.75) is 0 Å². The van der Waals surface area contributed by atoms with E-state index in [9.17, 15) is 0 Å². The first kappa shape index (κ1) is 27.9. The molecule has 0 spiro atoms. The van der Waals surface area contributed by atoms with E-state index >= 15 is 0 Å². The molecule has 0 saturated carbocycles. The predicted molar refractivity (Wildman–Crippen MR) is 176 cm³/mol. The van der Waals surface area contributed by atoms with Crippen LogP contribution in [-0.4, -0.2) is 0 Å². The van der Waals surface area contributed by atoms with E-state index in [2.05, 4.69) is 0 Å². The molecule has 0 fully saturated rings. The van der Waals surface area contributed by atoms with Gasteiger partial charge < -0.3 is 41.9 Å². The van der Waals surface area contributed by atoms with Gasteiger partial charge in [-0.05, 0) is 103 Å². The second-order valence-electron chi connectivity index (χ2n) is 10.0. The van der Waals surface area contributed by atoms with Crippen LogP contribution >= 0.6 is 0 Å². The molecule has 0 aliphatic rings. The zero-order valence-corrected chi connectivity index (χ0v) is 23.6. The van der Waals surface area contributed by atoms with E-state index in [1.54, 1.807) is 78.9 Å². The average Bonchev–Trinajstić information content (AvgIpc) is 3.00. The summed E-state index contributed by atoms with van der Waals surface area (Å²) in [5.74, 6) is 4.45. The molecule has 0 amide bonds. The Kier molecular flexibility index (Phi) is 7.79. The highest BCUT2D eigenvalue weighted by molar-refractivity contribution is 5.80. The lowest BCUT2D eigenvalue weighted by Crippen LogP contribution is -1.96. The topological polar surface area (TPSA) is 141 Å². The lowest BCUT2D eigenvalue weighted by Gasteiger charge is -2.18. The summed E-state index contributed by atoms with van der Waals surface area (Å²) in [6, 6.07) is 39.9. The molecule has 8 nitrogen and oxygen atoms in total. The Hall–Kier alpha value is -6.28.